The number of carbonyl (C=O) groups is 2. The molecule has 2 aromatic rings. The molecule has 0 radical (unpaired) electrons. The third-order valence-electron chi connectivity index (χ3n) is 5.98. The van der Waals surface area contributed by atoms with Gasteiger partial charge in [-0.15, -0.1) is 0 Å². The van der Waals surface area contributed by atoms with Gasteiger partial charge in [0.25, 0.3) is 5.91 Å². The van der Waals surface area contributed by atoms with Crippen molar-refractivity contribution < 1.29 is 27.9 Å². The number of halogens is 3. The number of hydrogen-bond acceptors (Lipinski definition) is 2. The first kappa shape index (κ1) is 18.5. The molecule has 2 fully saturated rings. The highest BCUT2D eigenvalue weighted by Crippen LogP contribution is 2.59. The second kappa shape index (κ2) is 6.65. The van der Waals surface area contributed by atoms with Crippen molar-refractivity contribution in [2.24, 2.45) is 11.3 Å². The molecule has 1 N–H and O–H groups in total. The maximum absolute atomic E-state index is 13.4. The Kier molecular flexibility index (Phi) is 4.40. The highest BCUT2D eigenvalue weighted by atomic mass is 19.2. The molecule has 1 aliphatic carbocycles. The number of rotatable bonds is 3. The minimum absolute atomic E-state index is 0.150. The third-order valence-corrected chi connectivity index (χ3v) is 5.98. The maximum Gasteiger partial charge on any atom is 0.307 e. The quantitative estimate of drug-likeness (QED) is 0.805. The molecule has 28 heavy (non-hydrogen) atoms. The molecule has 2 aliphatic rings. The van der Waals surface area contributed by atoms with Crippen LogP contribution in [0.1, 0.15) is 29.6 Å². The Balaban J connectivity index is 1.45. The Morgan fingerprint density at radius 1 is 0.964 bits per heavy atom. The zero-order valence-electron chi connectivity index (χ0n) is 14.9. The van der Waals surface area contributed by atoms with Crippen molar-refractivity contribution in [3.63, 3.8) is 0 Å². The van der Waals surface area contributed by atoms with E-state index in [4.69, 9.17) is 5.11 Å². The van der Waals surface area contributed by atoms with E-state index in [-0.39, 0.29) is 22.8 Å². The molecule has 0 aromatic heterocycles. The number of aliphatic carboxylic acids is 1. The summed E-state index contributed by atoms with van der Waals surface area (Å²) in [5.74, 6) is -5.26. The number of benzene rings is 2. The molecular formula is C21H18F3NO3. The van der Waals surface area contributed by atoms with Crippen molar-refractivity contribution in [1.82, 2.24) is 4.90 Å². The molecule has 1 unspecified atom stereocenters. The van der Waals surface area contributed by atoms with Gasteiger partial charge in [-0.05, 0) is 60.1 Å². The molecule has 146 valence electrons. The molecule has 4 rings (SSSR count). The summed E-state index contributed by atoms with van der Waals surface area (Å²) in [4.78, 5) is 25.5. The molecule has 1 saturated carbocycles. The van der Waals surface area contributed by atoms with Crippen molar-refractivity contribution in [3.8, 4) is 11.1 Å². The van der Waals surface area contributed by atoms with Crippen molar-refractivity contribution in [3.05, 3.63) is 59.4 Å². The molecule has 1 aliphatic heterocycles. The van der Waals surface area contributed by atoms with Crippen LogP contribution in [0.15, 0.2) is 36.4 Å². The Morgan fingerprint density at radius 2 is 1.54 bits per heavy atom. The lowest BCUT2D eigenvalue weighted by molar-refractivity contribution is -0.139. The summed E-state index contributed by atoms with van der Waals surface area (Å²) in [6, 6.07) is 8.08. The summed E-state index contributed by atoms with van der Waals surface area (Å²) >= 11 is 0. The van der Waals surface area contributed by atoms with Crippen LogP contribution in [0.25, 0.3) is 11.1 Å². The number of hydrogen-bond donors (Lipinski definition) is 1. The van der Waals surface area contributed by atoms with E-state index in [2.05, 4.69) is 0 Å². The third kappa shape index (κ3) is 3.15. The molecule has 1 spiro atoms. The lowest BCUT2D eigenvalue weighted by Gasteiger charge is -2.32. The topological polar surface area (TPSA) is 57.6 Å². The van der Waals surface area contributed by atoms with Crippen LogP contribution in [0.2, 0.25) is 0 Å². The van der Waals surface area contributed by atoms with E-state index in [0.717, 1.165) is 12.1 Å². The summed E-state index contributed by atoms with van der Waals surface area (Å²) in [6.07, 6.45) is 2.05. The van der Waals surface area contributed by atoms with E-state index >= 15 is 0 Å². The van der Waals surface area contributed by atoms with E-state index in [9.17, 15) is 22.8 Å². The Bertz CT molecular complexity index is 927. The van der Waals surface area contributed by atoms with Crippen LogP contribution in [0, 0.1) is 28.8 Å². The summed E-state index contributed by atoms with van der Waals surface area (Å²) in [5.41, 5.74) is 0.940. The van der Waals surface area contributed by atoms with Crippen LogP contribution >= 0.6 is 0 Å². The molecule has 7 heteroatoms. The lowest BCUT2D eigenvalue weighted by Crippen LogP contribution is -2.40. The fourth-order valence-electron chi connectivity index (χ4n) is 4.11. The van der Waals surface area contributed by atoms with Crippen molar-refractivity contribution in [2.45, 2.75) is 19.3 Å². The predicted octanol–water partition coefficient (Wildman–Crippen LogP) is 4.10. The first-order valence-electron chi connectivity index (χ1n) is 9.08. The van der Waals surface area contributed by atoms with Gasteiger partial charge in [0.1, 0.15) is 0 Å². The first-order valence-corrected chi connectivity index (χ1v) is 9.08. The standard InChI is InChI=1S/C21H18F3NO3/c22-16-9-14(10-17(23)18(16)24)12-1-3-13(4-2-12)19(26)25-7-5-21(6-8-25)11-15(21)20(27)28/h1-4,9-10,15H,5-8,11H2,(H,27,28). The molecule has 4 nitrogen and oxygen atoms in total. The SMILES string of the molecule is O=C(O)C1CC12CCN(C(=O)c1ccc(-c3cc(F)c(F)c(F)c3)cc1)CC2. The van der Waals surface area contributed by atoms with E-state index in [0.29, 0.717) is 43.5 Å². The van der Waals surface area contributed by atoms with Gasteiger partial charge in [-0.3, -0.25) is 9.59 Å². The number of carboxylic acid groups (broad SMARTS) is 1. The highest BCUT2D eigenvalue weighted by molar-refractivity contribution is 5.94. The van der Waals surface area contributed by atoms with E-state index in [1.54, 1.807) is 29.2 Å². The number of piperidine rings is 1. The van der Waals surface area contributed by atoms with Gasteiger partial charge in [0.2, 0.25) is 0 Å². The van der Waals surface area contributed by atoms with Gasteiger partial charge in [-0.2, -0.15) is 0 Å². The molecule has 1 saturated heterocycles. The van der Waals surface area contributed by atoms with Gasteiger partial charge in [0.15, 0.2) is 17.5 Å². The van der Waals surface area contributed by atoms with Gasteiger partial charge in [-0.1, -0.05) is 12.1 Å². The molecular weight excluding hydrogens is 371 g/mol. The summed E-state index contributed by atoms with van der Waals surface area (Å²) in [6.45, 7) is 1.03. The largest absolute Gasteiger partial charge is 0.481 e. The number of carboxylic acids is 1. The van der Waals surface area contributed by atoms with E-state index in [1.165, 1.54) is 0 Å². The van der Waals surface area contributed by atoms with E-state index in [1.807, 2.05) is 0 Å². The second-order valence-electron chi connectivity index (χ2n) is 7.58. The number of nitrogens with zero attached hydrogens (tertiary/aromatic N) is 1. The minimum atomic E-state index is -1.51. The van der Waals surface area contributed by atoms with Crippen LogP contribution in [0.3, 0.4) is 0 Å². The average Bonchev–Trinajstić information content (AvgIpc) is 3.39. The zero-order chi connectivity index (χ0) is 20.1. The lowest BCUT2D eigenvalue weighted by atomic mass is 9.90. The molecule has 1 atom stereocenters. The first-order chi connectivity index (χ1) is 13.3. The highest BCUT2D eigenvalue weighted by Gasteiger charge is 2.59. The Hall–Kier alpha value is -2.83. The summed E-state index contributed by atoms with van der Waals surface area (Å²) in [5, 5.41) is 9.14. The van der Waals surface area contributed by atoms with Crippen LogP contribution in [0.5, 0.6) is 0 Å². The van der Waals surface area contributed by atoms with Crippen molar-refractivity contribution >= 4 is 11.9 Å². The van der Waals surface area contributed by atoms with Crippen LogP contribution in [-0.4, -0.2) is 35.0 Å². The minimum Gasteiger partial charge on any atom is -0.481 e. The van der Waals surface area contributed by atoms with Gasteiger partial charge in [0.05, 0.1) is 5.92 Å². The van der Waals surface area contributed by atoms with Crippen LogP contribution < -0.4 is 0 Å². The Labute approximate surface area is 159 Å². The van der Waals surface area contributed by atoms with E-state index < -0.39 is 23.4 Å². The number of likely N-dealkylation sites (tertiary alicyclic amines) is 1. The molecule has 1 heterocycles. The average molecular weight is 389 g/mol. The molecule has 2 aromatic carbocycles. The van der Waals surface area contributed by atoms with Crippen LogP contribution in [-0.2, 0) is 4.79 Å². The van der Waals surface area contributed by atoms with Crippen molar-refractivity contribution in [2.75, 3.05) is 13.1 Å². The second-order valence-corrected chi connectivity index (χ2v) is 7.58. The fraction of sp³-hybridized carbons (Fsp3) is 0.333. The molecule has 1 amide bonds. The van der Waals surface area contributed by atoms with Gasteiger partial charge in [-0.25, -0.2) is 13.2 Å². The van der Waals surface area contributed by atoms with Gasteiger partial charge in [0, 0.05) is 18.7 Å². The fourth-order valence-corrected chi connectivity index (χ4v) is 4.11. The summed E-state index contributed by atoms with van der Waals surface area (Å²) in [7, 11) is 0. The normalized spacial score (nSPS) is 20.2. The summed E-state index contributed by atoms with van der Waals surface area (Å²) < 4.78 is 39.9. The van der Waals surface area contributed by atoms with Gasteiger partial charge < -0.3 is 10.0 Å². The predicted molar refractivity (Wildman–Crippen MR) is 95.1 cm³/mol. The van der Waals surface area contributed by atoms with Gasteiger partial charge >= 0.3 is 5.97 Å². The number of carbonyl (C=O) groups excluding carboxylic acids is 1. The zero-order valence-corrected chi connectivity index (χ0v) is 14.9. The van der Waals surface area contributed by atoms with Crippen molar-refractivity contribution in [1.29, 1.82) is 0 Å². The number of amides is 1. The van der Waals surface area contributed by atoms with Crippen LogP contribution in [0.4, 0.5) is 13.2 Å². The molecule has 0 bridgehead atoms. The monoisotopic (exact) mass is 389 g/mol. The Morgan fingerprint density at radius 3 is 2.04 bits per heavy atom. The smallest absolute Gasteiger partial charge is 0.307 e. The maximum atomic E-state index is 13.4.